The minimum Gasteiger partial charge on any atom is -0.369 e. The molecule has 1 aliphatic rings. The van der Waals surface area contributed by atoms with Gasteiger partial charge >= 0.3 is 0 Å². The Labute approximate surface area is 182 Å². The van der Waals surface area contributed by atoms with Crippen LogP contribution in [0.25, 0.3) is 11.0 Å². The predicted molar refractivity (Wildman–Crippen MR) is 126 cm³/mol. The molecule has 0 radical (unpaired) electrons. The minimum absolute atomic E-state index is 0.119. The third-order valence-corrected chi connectivity index (χ3v) is 5.53. The Hall–Kier alpha value is -3.37. The first-order chi connectivity index (χ1) is 15.0. The van der Waals surface area contributed by atoms with Crippen molar-refractivity contribution in [1.82, 2.24) is 19.4 Å². The molecule has 3 heterocycles. The molecule has 1 saturated heterocycles. The van der Waals surface area contributed by atoms with E-state index in [9.17, 15) is 4.79 Å². The lowest BCUT2D eigenvalue weighted by molar-refractivity contribution is 0.313. The van der Waals surface area contributed by atoms with Crippen LogP contribution in [0.3, 0.4) is 0 Å². The quantitative estimate of drug-likeness (QED) is 0.659. The zero-order valence-corrected chi connectivity index (χ0v) is 18.3. The first-order valence-corrected chi connectivity index (χ1v) is 10.7. The standard InChI is InChI=1S/C24H28N6O/c1-4-5-6-18(2)30-22(31)12-7-19-17-25-24(27-23(19)30)26-20-8-10-21(11-9-20)29-15-13-28(3)14-16-29/h7-12,17-18H,4,13-16H2,1-3H3,(H,25,26,27). The van der Waals surface area contributed by atoms with Crippen LogP contribution >= 0.6 is 0 Å². The largest absolute Gasteiger partial charge is 0.369 e. The number of nitrogens with zero attached hydrogens (tertiary/aromatic N) is 5. The van der Waals surface area contributed by atoms with E-state index in [0.29, 0.717) is 11.6 Å². The lowest BCUT2D eigenvalue weighted by atomic mass is 10.2. The van der Waals surface area contributed by atoms with E-state index in [1.165, 1.54) is 5.69 Å². The molecule has 1 unspecified atom stereocenters. The normalized spacial score (nSPS) is 15.4. The van der Waals surface area contributed by atoms with Gasteiger partial charge in [-0.3, -0.25) is 9.36 Å². The summed E-state index contributed by atoms with van der Waals surface area (Å²) in [5, 5.41) is 4.07. The molecule has 0 spiro atoms. The second kappa shape index (κ2) is 9.19. The van der Waals surface area contributed by atoms with Gasteiger partial charge in [0.1, 0.15) is 5.65 Å². The van der Waals surface area contributed by atoms with Crippen LogP contribution in [0.4, 0.5) is 17.3 Å². The second-order valence-corrected chi connectivity index (χ2v) is 7.83. The van der Waals surface area contributed by atoms with Gasteiger partial charge in [-0.15, -0.1) is 5.92 Å². The minimum atomic E-state index is -0.262. The molecule has 2 aromatic heterocycles. The van der Waals surface area contributed by atoms with Gasteiger partial charge < -0.3 is 15.1 Å². The van der Waals surface area contributed by atoms with Crippen LogP contribution in [0.1, 0.15) is 26.3 Å². The van der Waals surface area contributed by atoms with Crippen molar-refractivity contribution < 1.29 is 0 Å². The van der Waals surface area contributed by atoms with Crippen LogP contribution in [0, 0.1) is 11.8 Å². The maximum absolute atomic E-state index is 12.5. The average molecular weight is 417 g/mol. The molecule has 31 heavy (non-hydrogen) atoms. The molecule has 0 saturated carbocycles. The summed E-state index contributed by atoms with van der Waals surface area (Å²) in [4.78, 5) is 26.3. The highest BCUT2D eigenvalue weighted by molar-refractivity contribution is 5.76. The molecule has 3 aromatic rings. The summed E-state index contributed by atoms with van der Waals surface area (Å²) < 4.78 is 1.63. The van der Waals surface area contributed by atoms with Gasteiger partial charge in [-0.1, -0.05) is 12.8 Å². The molecule has 1 atom stereocenters. The van der Waals surface area contributed by atoms with E-state index in [2.05, 4.69) is 56.1 Å². The van der Waals surface area contributed by atoms with E-state index in [4.69, 9.17) is 0 Å². The fourth-order valence-corrected chi connectivity index (χ4v) is 3.74. The number of piperazine rings is 1. The fourth-order valence-electron chi connectivity index (χ4n) is 3.74. The van der Waals surface area contributed by atoms with Crippen LogP contribution in [0.15, 0.2) is 47.4 Å². The third-order valence-electron chi connectivity index (χ3n) is 5.53. The maximum atomic E-state index is 12.5. The summed E-state index contributed by atoms with van der Waals surface area (Å²) in [6, 6.07) is 11.3. The maximum Gasteiger partial charge on any atom is 0.253 e. The predicted octanol–water partition coefficient (Wildman–Crippen LogP) is 3.26. The fraction of sp³-hybridized carbons (Fsp3) is 0.375. The first-order valence-electron chi connectivity index (χ1n) is 10.7. The van der Waals surface area contributed by atoms with Crippen LogP contribution in [-0.2, 0) is 0 Å². The molecule has 1 aromatic carbocycles. The monoisotopic (exact) mass is 416 g/mol. The lowest BCUT2D eigenvalue weighted by Crippen LogP contribution is -2.44. The molecular weight excluding hydrogens is 388 g/mol. The zero-order chi connectivity index (χ0) is 21.8. The van der Waals surface area contributed by atoms with Crippen LogP contribution in [0.5, 0.6) is 0 Å². The zero-order valence-electron chi connectivity index (χ0n) is 18.3. The number of nitrogens with one attached hydrogen (secondary N) is 1. The number of anilines is 3. The lowest BCUT2D eigenvalue weighted by Gasteiger charge is -2.34. The van der Waals surface area contributed by atoms with Crippen LogP contribution < -0.4 is 15.8 Å². The molecule has 7 nitrogen and oxygen atoms in total. The molecule has 160 valence electrons. The smallest absolute Gasteiger partial charge is 0.253 e. The number of likely N-dealkylation sites (N-methyl/N-ethyl adjacent to an activating group) is 1. The van der Waals surface area contributed by atoms with Gasteiger partial charge in [-0.2, -0.15) is 4.98 Å². The van der Waals surface area contributed by atoms with Gasteiger partial charge in [0.2, 0.25) is 5.95 Å². The molecule has 7 heteroatoms. The summed E-state index contributed by atoms with van der Waals surface area (Å²) in [7, 11) is 2.16. The Balaban J connectivity index is 1.58. The first kappa shape index (κ1) is 20.9. The number of fused-ring (bicyclic) bond motifs is 1. The number of pyridine rings is 1. The molecule has 1 fully saturated rings. The number of benzene rings is 1. The van der Waals surface area contributed by atoms with Gasteiger partial charge in [0.15, 0.2) is 0 Å². The summed E-state index contributed by atoms with van der Waals surface area (Å²) in [6.07, 6.45) is 2.48. The average Bonchev–Trinajstić information content (AvgIpc) is 2.78. The summed E-state index contributed by atoms with van der Waals surface area (Å²) in [6.45, 7) is 8.13. The highest BCUT2D eigenvalue weighted by Gasteiger charge is 2.14. The van der Waals surface area contributed by atoms with Crippen molar-refractivity contribution in [2.45, 2.75) is 26.3 Å². The van der Waals surface area contributed by atoms with Crippen molar-refractivity contribution in [3.05, 3.63) is 52.9 Å². The molecule has 1 N–H and O–H groups in total. The number of rotatable bonds is 4. The van der Waals surface area contributed by atoms with Gasteiger partial charge in [0, 0.05) is 61.6 Å². The summed E-state index contributed by atoms with van der Waals surface area (Å²) in [5.74, 6) is 6.62. The SMILES string of the molecule is CCC#CC(C)n1c(=O)ccc2cnc(Nc3ccc(N4CCN(C)CC4)cc3)nc21. The third kappa shape index (κ3) is 4.70. The van der Waals surface area contributed by atoms with Crippen LogP contribution in [-0.4, -0.2) is 52.7 Å². The number of hydrogen-bond donors (Lipinski definition) is 1. The Kier molecular flexibility index (Phi) is 6.19. The molecule has 0 amide bonds. The molecule has 0 bridgehead atoms. The molecule has 0 aliphatic carbocycles. The van der Waals surface area contributed by atoms with Gasteiger partial charge in [0.25, 0.3) is 5.56 Å². The van der Waals surface area contributed by atoms with E-state index >= 15 is 0 Å². The molecule has 4 rings (SSSR count). The Morgan fingerprint density at radius 1 is 1.10 bits per heavy atom. The van der Waals surface area contributed by atoms with Crippen molar-refractivity contribution in [1.29, 1.82) is 0 Å². The van der Waals surface area contributed by atoms with Crippen molar-refractivity contribution in [3.63, 3.8) is 0 Å². The van der Waals surface area contributed by atoms with E-state index in [-0.39, 0.29) is 11.6 Å². The Bertz CT molecular complexity index is 1170. The van der Waals surface area contributed by atoms with Gasteiger partial charge in [0.05, 0.1) is 6.04 Å². The van der Waals surface area contributed by atoms with E-state index in [1.807, 2.05) is 26.0 Å². The van der Waals surface area contributed by atoms with E-state index in [1.54, 1.807) is 22.9 Å². The van der Waals surface area contributed by atoms with Crippen molar-refractivity contribution in [2.24, 2.45) is 0 Å². The van der Waals surface area contributed by atoms with E-state index in [0.717, 1.165) is 43.7 Å². The van der Waals surface area contributed by atoms with Gasteiger partial charge in [-0.05, 0) is 44.3 Å². The van der Waals surface area contributed by atoms with Crippen molar-refractivity contribution in [3.8, 4) is 11.8 Å². The molecule has 1 aliphatic heterocycles. The second-order valence-electron chi connectivity index (χ2n) is 7.83. The number of aromatic nitrogens is 3. The topological polar surface area (TPSA) is 66.3 Å². The highest BCUT2D eigenvalue weighted by atomic mass is 16.1. The Morgan fingerprint density at radius 2 is 1.84 bits per heavy atom. The summed E-state index contributed by atoms with van der Waals surface area (Å²) >= 11 is 0. The molecular formula is C24H28N6O. The van der Waals surface area contributed by atoms with E-state index < -0.39 is 0 Å². The highest BCUT2D eigenvalue weighted by Crippen LogP contribution is 2.22. The Morgan fingerprint density at radius 3 is 2.55 bits per heavy atom. The number of hydrogen-bond acceptors (Lipinski definition) is 6. The van der Waals surface area contributed by atoms with Gasteiger partial charge in [-0.25, -0.2) is 4.98 Å². The summed E-state index contributed by atoms with van der Waals surface area (Å²) in [5.41, 5.74) is 2.58. The van der Waals surface area contributed by atoms with Crippen molar-refractivity contribution >= 4 is 28.4 Å². The van der Waals surface area contributed by atoms with Crippen molar-refractivity contribution in [2.75, 3.05) is 43.4 Å². The van der Waals surface area contributed by atoms with Crippen LogP contribution in [0.2, 0.25) is 0 Å².